The fourth-order valence-corrected chi connectivity index (χ4v) is 6.34. The van der Waals surface area contributed by atoms with Crippen LogP contribution in [0.15, 0.2) is 53.9 Å². The molecule has 0 fully saturated rings. The molecule has 13 heteroatoms. The Morgan fingerprint density at radius 3 is 2.46 bits per heavy atom. The number of nitrogens with zero attached hydrogens (tertiary/aromatic N) is 1. The van der Waals surface area contributed by atoms with Gasteiger partial charge in [0.05, 0.1) is 20.8 Å². The van der Waals surface area contributed by atoms with E-state index in [2.05, 4.69) is 20.9 Å². The number of alkyl carbamates (subject to hydrolysis) is 1. The van der Waals surface area contributed by atoms with E-state index in [0.29, 0.717) is 47.9 Å². The van der Waals surface area contributed by atoms with Crippen LogP contribution in [-0.4, -0.2) is 61.8 Å². The van der Waals surface area contributed by atoms with E-state index >= 15 is 0 Å². The van der Waals surface area contributed by atoms with E-state index in [1.54, 1.807) is 68.5 Å². The van der Waals surface area contributed by atoms with Crippen molar-refractivity contribution in [3.05, 3.63) is 82.0 Å². The van der Waals surface area contributed by atoms with Crippen LogP contribution in [0.3, 0.4) is 0 Å². The number of amides is 3. The minimum Gasteiger partial charge on any atom is -0.496 e. The van der Waals surface area contributed by atoms with Gasteiger partial charge in [0.25, 0.3) is 11.8 Å². The van der Waals surface area contributed by atoms with Gasteiger partial charge in [-0.2, -0.15) is 0 Å². The maximum atomic E-state index is 14.2. The van der Waals surface area contributed by atoms with Crippen LogP contribution in [0, 0.1) is 0 Å². The van der Waals surface area contributed by atoms with Crippen LogP contribution in [0.25, 0.3) is 21.6 Å². The summed E-state index contributed by atoms with van der Waals surface area (Å²) in [7, 11) is 2.72. The van der Waals surface area contributed by atoms with E-state index < -0.39 is 29.5 Å². The van der Waals surface area contributed by atoms with E-state index in [-0.39, 0.29) is 29.1 Å². The zero-order valence-corrected chi connectivity index (χ0v) is 29.7. The van der Waals surface area contributed by atoms with Gasteiger partial charge in [-0.15, -0.1) is 11.3 Å². The number of anilines is 1. The van der Waals surface area contributed by atoms with Gasteiger partial charge in [-0.3, -0.25) is 9.59 Å². The smallest absolute Gasteiger partial charge is 0.407 e. The molecule has 50 heavy (non-hydrogen) atoms. The molecule has 2 aromatic carbocycles. The number of carbonyl (C=O) groups is 4. The summed E-state index contributed by atoms with van der Waals surface area (Å²) >= 11 is 1.55. The molecule has 0 spiro atoms. The van der Waals surface area contributed by atoms with Crippen molar-refractivity contribution in [3.8, 4) is 33.1 Å². The highest BCUT2D eigenvalue weighted by Gasteiger charge is 2.27. The first-order valence-electron chi connectivity index (χ1n) is 16.1. The molecule has 0 bridgehead atoms. The normalized spacial score (nSPS) is 12.0. The molecule has 12 nitrogen and oxygen atoms in total. The van der Waals surface area contributed by atoms with E-state index in [0.717, 1.165) is 22.4 Å². The summed E-state index contributed by atoms with van der Waals surface area (Å²) in [4.78, 5) is 57.7. The second kappa shape index (κ2) is 15.4. The molecular weight excluding hydrogens is 660 g/mol. The second-order valence-corrected chi connectivity index (χ2v) is 13.4. The number of pyridine rings is 1. The summed E-state index contributed by atoms with van der Waals surface area (Å²) in [5, 5.41) is 10.4. The highest BCUT2D eigenvalue weighted by molar-refractivity contribution is 7.13. The standard InChI is InChI=1S/C37H40N4O8S/c1-7-14-38-34(43)28-11-10-24(31(41-28)35(44)47-6)25-19-30-27(32-21(12-15-48-30)13-16-50-32)18-26(25)33(42)40-23-9-8-22(29(17-23)46-5)20-39-36(45)49-37(2,3)4/h8-11,13,16-19H,7,12,14-15,20H2,1-6H3,(H,38,43)(H,39,45)(H,40,42). The van der Waals surface area contributed by atoms with Crippen molar-refractivity contribution in [2.45, 2.75) is 52.7 Å². The van der Waals surface area contributed by atoms with Crippen LogP contribution in [-0.2, 0) is 22.4 Å². The van der Waals surface area contributed by atoms with E-state index in [1.807, 2.05) is 18.4 Å². The highest BCUT2D eigenvalue weighted by Crippen LogP contribution is 2.43. The van der Waals surface area contributed by atoms with Gasteiger partial charge in [0.1, 0.15) is 22.8 Å². The summed E-state index contributed by atoms with van der Waals surface area (Å²) in [5.41, 5.74) is 3.09. The Balaban J connectivity index is 1.55. The number of fused-ring (bicyclic) bond motifs is 3. The van der Waals surface area contributed by atoms with Gasteiger partial charge in [0.15, 0.2) is 5.69 Å². The van der Waals surface area contributed by atoms with Gasteiger partial charge in [-0.25, -0.2) is 14.6 Å². The first kappa shape index (κ1) is 35.9. The third-order valence-corrected chi connectivity index (χ3v) is 8.67. The number of methoxy groups -OCH3 is 2. The Hall–Kier alpha value is -5.43. The van der Waals surface area contributed by atoms with Crippen molar-refractivity contribution in [1.82, 2.24) is 15.6 Å². The van der Waals surface area contributed by atoms with Crippen molar-refractivity contribution in [2.75, 3.05) is 32.7 Å². The van der Waals surface area contributed by atoms with Gasteiger partial charge >= 0.3 is 12.1 Å². The molecule has 1 aliphatic heterocycles. The average molecular weight is 701 g/mol. The molecule has 0 saturated carbocycles. The van der Waals surface area contributed by atoms with Crippen LogP contribution < -0.4 is 25.4 Å². The highest BCUT2D eigenvalue weighted by atomic mass is 32.1. The van der Waals surface area contributed by atoms with Crippen molar-refractivity contribution in [3.63, 3.8) is 0 Å². The van der Waals surface area contributed by atoms with Crippen LogP contribution in [0.4, 0.5) is 10.5 Å². The molecule has 3 heterocycles. The van der Waals surface area contributed by atoms with Crippen molar-refractivity contribution >= 4 is 40.9 Å². The monoisotopic (exact) mass is 700 g/mol. The van der Waals surface area contributed by atoms with E-state index in [9.17, 15) is 19.2 Å². The van der Waals surface area contributed by atoms with Crippen LogP contribution in [0.1, 0.15) is 76.6 Å². The summed E-state index contributed by atoms with van der Waals surface area (Å²) in [6.45, 7) is 8.27. The third-order valence-electron chi connectivity index (χ3n) is 7.68. The Labute approximate surface area is 294 Å². The quantitative estimate of drug-likeness (QED) is 0.155. The Kier molecular flexibility index (Phi) is 11.1. The van der Waals surface area contributed by atoms with Crippen molar-refractivity contribution in [1.29, 1.82) is 0 Å². The van der Waals surface area contributed by atoms with Gasteiger partial charge in [-0.05, 0) is 74.5 Å². The van der Waals surface area contributed by atoms with Crippen LogP contribution in [0.2, 0.25) is 0 Å². The largest absolute Gasteiger partial charge is 0.496 e. The molecule has 4 aromatic rings. The molecule has 262 valence electrons. The zero-order chi connectivity index (χ0) is 36.0. The lowest BCUT2D eigenvalue weighted by Gasteiger charge is -2.20. The van der Waals surface area contributed by atoms with Crippen LogP contribution in [0.5, 0.6) is 11.5 Å². The van der Waals surface area contributed by atoms with E-state index in [4.69, 9.17) is 18.9 Å². The third kappa shape index (κ3) is 8.23. The number of rotatable bonds is 10. The number of esters is 1. The Morgan fingerprint density at radius 2 is 1.74 bits per heavy atom. The predicted octanol–water partition coefficient (Wildman–Crippen LogP) is 6.62. The lowest BCUT2D eigenvalue weighted by atomic mass is 9.93. The SMILES string of the molecule is CCCNC(=O)c1ccc(-c2cc3c(cc2C(=O)Nc2ccc(CNC(=O)OC(C)(C)C)c(OC)c2)-c2sccc2CCO3)c(C(=O)OC)n1. The fraction of sp³-hybridized carbons (Fsp3) is 0.324. The first-order chi connectivity index (χ1) is 23.9. The Morgan fingerprint density at radius 1 is 0.940 bits per heavy atom. The fourth-order valence-electron chi connectivity index (χ4n) is 5.36. The molecule has 1 aliphatic rings. The number of carbonyl (C=O) groups excluding carboxylic acids is 4. The lowest BCUT2D eigenvalue weighted by Crippen LogP contribution is -2.32. The maximum Gasteiger partial charge on any atom is 0.407 e. The predicted molar refractivity (Wildman–Crippen MR) is 190 cm³/mol. The molecule has 0 unspecified atom stereocenters. The first-order valence-corrected chi connectivity index (χ1v) is 17.0. The molecular formula is C37H40N4O8S. The summed E-state index contributed by atoms with van der Waals surface area (Å²) in [5.74, 6) is -0.704. The second-order valence-electron chi connectivity index (χ2n) is 12.4. The van der Waals surface area contributed by atoms with Gasteiger partial charge in [-0.1, -0.05) is 13.0 Å². The minimum atomic E-state index is -0.770. The number of thiophene rings is 1. The maximum absolute atomic E-state index is 14.2. The molecule has 3 amide bonds. The van der Waals surface area contributed by atoms with Gasteiger partial charge in [0.2, 0.25) is 0 Å². The van der Waals surface area contributed by atoms with Crippen molar-refractivity contribution in [2.24, 2.45) is 0 Å². The Bertz CT molecular complexity index is 1930. The molecule has 0 saturated heterocycles. The number of hydrogen-bond donors (Lipinski definition) is 3. The number of benzene rings is 2. The molecule has 3 N–H and O–H groups in total. The number of aromatic nitrogens is 1. The van der Waals surface area contributed by atoms with Crippen molar-refractivity contribution < 1.29 is 38.1 Å². The molecule has 0 atom stereocenters. The molecule has 0 radical (unpaired) electrons. The minimum absolute atomic E-state index is 0.0381. The molecule has 5 rings (SSSR count). The number of ether oxygens (including phenoxy) is 4. The van der Waals surface area contributed by atoms with Gasteiger partial charge in [0, 0.05) is 64.0 Å². The topological polar surface area (TPSA) is 154 Å². The number of hydrogen-bond acceptors (Lipinski definition) is 10. The average Bonchev–Trinajstić information content (AvgIpc) is 3.49. The number of nitrogens with one attached hydrogen (secondary N) is 3. The summed E-state index contributed by atoms with van der Waals surface area (Å²) < 4.78 is 22.1. The molecule has 0 aliphatic carbocycles. The van der Waals surface area contributed by atoms with Crippen LogP contribution >= 0.6 is 11.3 Å². The molecule has 2 aromatic heterocycles. The van der Waals surface area contributed by atoms with E-state index in [1.165, 1.54) is 20.3 Å². The summed E-state index contributed by atoms with van der Waals surface area (Å²) in [6.07, 6.45) is 0.849. The zero-order valence-electron chi connectivity index (χ0n) is 28.9. The summed E-state index contributed by atoms with van der Waals surface area (Å²) in [6, 6.07) is 13.7. The lowest BCUT2D eigenvalue weighted by molar-refractivity contribution is 0.0521. The van der Waals surface area contributed by atoms with Gasteiger partial charge < -0.3 is 34.9 Å².